The van der Waals surface area contributed by atoms with E-state index in [2.05, 4.69) is 15.6 Å². The fraction of sp³-hybridized carbons (Fsp3) is 0.167. The van der Waals surface area contributed by atoms with Crippen LogP contribution < -0.4 is 10.6 Å². The van der Waals surface area contributed by atoms with E-state index in [1.54, 1.807) is 24.3 Å². The molecule has 5 nitrogen and oxygen atoms in total. The summed E-state index contributed by atoms with van der Waals surface area (Å²) in [6.07, 6.45) is 0.0653. The van der Waals surface area contributed by atoms with Crippen molar-refractivity contribution in [3.05, 3.63) is 59.1 Å². The molecule has 2 amide bonds. The van der Waals surface area contributed by atoms with Crippen molar-refractivity contribution in [3.8, 4) is 0 Å². The average molecular weight is 374 g/mol. The largest absolute Gasteiger partial charge is 0.326 e. The van der Waals surface area contributed by atoms with Gasteiger partial charge in [-0.3, -0.25) is 9.59 Å². The molecule has 25 heavy (non-hydrogen) atoms. The van der Waals surface area contributed by atoms with Gasteiger partial charge in [-0.2, -0.15) is 0 Å². The molecule has 0 radical (unpaired) electrons. The van der Waals surface area contributed by atoms with Gasteiger partial charge in [0.05, 0.1) is 5.69 Å². The van der Waals surface area contributed by atoms with Gasteiger partial charge in [0.2, 0.25) is 11.8 Å². The standard InChI is InChI=1S/C18H16ClN3O2S/c1-11-4-2-6-13(8-11)21-18-22-17(24)15(25-18)10-16(23)20-14-7-3-5-12(19)9-14/h2-9,15H,10H2,1H3,(H,20,23)(H,21,22,24)/t15-/m1/s1. The first-order valence-electron chi connectivity index (χ1n) is 7.68. The van der Waals surface area contributed by atoms with Crippen molar-refractivity contribution in [1.29, 1.82) is 0 Å². The number of nitrogens with one attached hydrogen (secondary N) is 2. The number of thioether (sulfide) groups is 1. The third-order valence-electron chi connectivity index (χ3n) is 3.49. The van der Waals surface area contributed by atoms with E-state index in [0.717, 1.165) is 11.3 Å². The van der Waals surface area contributed by atoms with Crippen LogP contribution in [0.5, 0.6) is 0 Å². The van der Waals surface area contributed by atoms with E-state index in [-0.39, 0.29) is 18.2 Å². The van der Waals surface area contributed by atoms with Gasteiger partial charge >= 0.3 is 0 Å². The number of nitrogens with zero attached hydrogens (tertiary/aromatic N) is 1. The highest BCUT2D eigenvalue weighted by molar-refractivity contribution is 8.15. The first-order valence-corrected chi connectivity index (χ1v) is 8.94. The molecule has 1 aliphatic heterocycles. The van der Waals surface area contributed by atoms with Crippen molar-refractivity contribution in [2.45, 2.75) is 18.6 Å². The number of amides is 2. The SMILES string of the molecule is Cc1cccc(N=C2NC(=O)[C@@H](CC(=O)Nc3cccc(Cl)c3)S2)c1. The number of carbonyl (C=O) groups is 2. The number of halogens is 1. The van der Waals surface area contributed by atoms with Crippen LogP contribution in [0, 0.1) is 6.92 Å². The Morgan fingerprint density at radius 1 is 1.28 bits per heavy atom. The van der Waals surface area contributed by atoms with Gasteiger partial charge in [0.15, 0.2) is 5.17 Å². The average Bonchev–Trinajstić information content (AvgIpc) is 2.86. The minimum Gasteiger partial charge on any atom is -0.326 e. The van der Waals surface area contributed by atoms with Crippen molar-refractivity contribution >= 4 is 51.7 Å². The van der Waals surface area contributed by atoms with E-state index in [0.29, 0.717) is 15.9 Å². The molecule has 1 atom stereocenters. The van der Waals surface area contributed by atoms with Gasteiger partial charge in [0.25, 0.3) is 0 Å². The summed E-state index contributed by atoms with van der Waals surface area (Å²) in [5, 5.41) is 6.02. The predicted molar refractivity (Wildman–Crippen MR) is 102 cm³/mol. The van der Waals surface area contributed by atoms with Crippen LogP contribution >= 0.6 is 23.4 Å². The van der Waals surface area contributed by atoms with Crippen molar-refractivity contribution < 1.29 is 9.59 Å². The summed E-state index contributed by atoms with van der Waals surface area (Å²) >= 11 is 7.16. The molecule has 2 N–H and O–H groups in total. The predicted octanol–water partition coefficient (Wildman–Crippen LogP) is 3.90. The van der Waals surface area contributed by atoms with Crippen LogP contribution in [0.3, 0.4) is 0 Å². The third kappa shape index (κ3) is 4.84. The third-order valence-corrected chi connectivity index (χ3v) is 4.80. The lowest BCUT2D eigenvalue weighted by Crippen LogP contribution is -2.28. The van der Waals surface area contributed by atoms with E-state index in [4.69, 9.17) is 11.6 Å². The number of aryl methyl sites for hydroxylation is 1. The van der Waals surface area contributed by atoms with Crippen molar-refractivity contribution in [3.63, 3.8) is 0 Å². The van der Waals surface area contributed by atoms with E-state index >= 15 is 0 Å². The number of aliphatic imine (C=N–C) groups is 1. The van der Waals surface area contributed by atoms with Crippen LogP contribution in [0.4, 0.5) is 11.4 Å². The number of anilines is 1. The molecule has 128 valence electrons. The normalized spacial score (nSPS) is 18.2. The Morgan fingerprint density at radius 2 is 2.08 bits per heavy atom. The molecule has 0 bridgehead atoms. The van der Waals surface area contributed by atoms with Gasteiger partial charge in [0.1, 0.15) is 5.25 Å². The van der Waals surface area contributed by atoms with E-state index in [1.807, 2.05) is 31.2 Å². The van der Waals surface area contributed by atoms with Crippen molar-refractivity contribution in [2.24, 2.45) is 4.99 Å². The molecule has 2 aromatic rings. The van der Waals surface area contributed by atoms with Crippen molar-refractivity contribution in [1.82, 2.24) is 5.32 Å². The second kappa shape index (κ2) is 7.72. The van der Waals surface area contributed by atoms with E-state index in [1.165, 1.54) is 11.8 Å². The maximum atomic E-state index is 12.1. The molecule has 1 fully saturated rings. The highest BCUT2D eigenvalue weighted by Gasteiger charge is 2.32. The van der Waals surface area contributed by atoms with Crippen LogP contribution in [0.1, 0.15) is 12.0 Å². The summed E-state index contributed by atoms with van der Waals surface area (Å²) in [6.45, 7) is 1.98. The van der Waals surface area contributed by atoms with Crippen LogP contribution in [0.2, 0.25) is 5.02 Å². The molecule has 0 aromatic heterocycles. The van der Waals surface area contributed by atoms with Crippen LogP contribution in [-0.2, 0) is 9.59 Å². The van der Waals surface area contributed by atoms with Gasteiger partial charge in [-0.05, 0) is 42.8 Å². The zero-order valence-corrected chi connectivity index (χ0v) is 15.0. The Balaban J connectivity index is 1.62. The lowest BCUT2D eigenvalue weighted by molar-refractivity contribution is -0.122. The van der Waals surface area contributed by atoms with Gasteiger partial charge in [-0.1, -0.05) is 41.6 Å². The number of hydrogen-bond donors (Lipinski definition) is 2. The van der Waals surface area contributed by atoms with Crippen molar-refractivity contribution in [2.75, 3.05) is 5.32 Å². The molecule has 1 saturated heterocycles. The molecule has 3 rings (SSSR count). The molecule has 0 unspecified atom stereocenters. The number of amidine groups is 1. The summed E-state index contributed by atoms with van der Waals surface area (Å²) < 4.78 is 0. The molecular formula is C18H16ClN3O2S. The Kier molecular flexibility index (Phi) is 5.40. The molecule has 0 saturated carbocycles. The molecule has 2 aromatic carbocycles. The first-order chi connectivity index (χ1) is 12.0. The Morgan fingerprint density at radius 3 is 2.84 bits per heavy atom. The first kappa shape index (κ1) is 17.5. The molecular weight excluding hydrogens is 358 g/mol. The minimum absolute atomic E-state index is 0.0653. The quantitative estimate of drug-likeness (QED) is 0.853. The number of hydrogen-bond acceptors (Lipinski definition) is 4. The molecule has 0 aliphatic carbocycles. The van der Waals surface area contributed by atoms with Crippen LogP contribution in [0.25, 0.3) is 0 Å². The lowest BCUT2D eigenvalue weighted by atomic mass is 10.2. The minimum atomic E-state index is -0.497. The van der Waals surface area contributed by atoms with Crippen LogP contribution in [-0.4, -0.2) is 22.2 Å². The van der Waals surface area contributed by atoms with E-state index in [9.17, 15) is 9.59 Å². The Hall–Kier alpha value is -2.31. The molecule has 1 heterocycles. The van der Waals surface area contributed by atoms with Crippen LogP contribution in [0.15, 0.2) is 53.5 Å². The smallest absolute Gasteiger partial charge is 0.240 e. The van der Waals surface area contributed by atoms with Gasteiger partial charge in [-0.15, -0.1) is 0 Å². The summed E-state index contributed by atoms with van der Waals surface area (Å²) in [7, 11) is 0. The molecule has 0 spiro atoms. The topological polar surface area (TPSA) is 70.6 Å². The second-order valence-corrected chi connectivity index (χ2v) is 7.24. The molecule has 1 aliphatic rings. The zero-order chi connectivity index (χ0) is 17.8. The second-order valence-electron chi connectivity index (χ2n) is 5.61. The highest BCUT2D eigenvalue weighted by atomic mass is 35.5. The monoisotopic (exact) mass is 373 g/mol. The number of rotatable bonds is 4. The fourth-order valence-corrected chi connectivity index (χ4v) is 3.53. The molecule has 7 heteroatoms. The number of carbonyl (C=O) groups excluding carboxylic acids is 2. The zero-order valence-electron chi connectivity index (χ0n) is 13.5. The Labute approximate surface area is 154 Å². The van der Waals surface area contributed by atoms with E-state index < -0.39 is 5.25 Å². The lowest BCUT2D eigenvalue weighted by Gasteiger charge is -2.07. The maximum absolute atomic E-state index is 12.1. The summed E-state index contributed by atoms with van der Waals surface area (Å²) in [6, 6.07) is 14.6. The van der Waals surface area contributed by atoms with Gasteiger partial charge in [-0.25, -0.2) is 4.99 Å². The summed E-state index contributed by atoms with van der Waals surface area (Å²) in [4.78, 5) is 28.6. The highest BCUT2D eigenvalue weighted by Crippen LogP contribution is 2.26. The Bertz CT molecular complexity index is 854. The number of benzene rings is 2. The fourth-order valence-electron chi connectivity index (χ4n) is 2.35. The maximum Gasteiger partial charge on any atom is 0.240 e. The summed E-state index contributed by atoms with van der Waals surface area (Å²) in [5.41, 5.74) is 2.47. The van der Waals surface area contributed by atoms with Gasteiger partial charge in [0, 0.05) is 17.1 Å². The summed E-state index contributed by atoms with van der Waals surface area (Å²) in [5.74, 6) is -0.454. The van der Waals surface area contributed by atoms with Gasteiger partial charge < -0.3 is 10.6 Å².